The van der Waals surface area contributed by atoms with Gasteiger partial charge in [0.05, 0.1) is 6.26 Å². The van der Waals surface area contributed by atoms with Gasteiger partial charge in [-0.15, -0.1) is 10.2 Å². The van der Waals surface area contributed by atoms with Crippen molar-refractivity contribution in [3.8, 4) is 0 Å². The van der Waals surface area contributed by atoms with Crippen molar-refractivity contribution in [1.29, 1.82) is 0 Å². The highest BCUT2D eigenvalue weighted by Gasteiger charge is 2.12. The van der Waals surface area contributed by atoms with Gasteiger partial charge in [0.2, 0.25) is 15.9 Å². The van der Waals surface area contributed by atoms with Crippen LogP contribution in [-0.2, 0) is 16.4 Å². The molecule has 0 radical (unpaired) electrons. The summed E-state index contributed by atoms with van der Waals surface area (Å²) in [5, 5.41) is 8.46. The van der Waals surface area contributed by atoms with Gasteiger partial charge in [0.1, 0.15) is 0 Å². The third kappa shape index (κ3) is 5.78. The van der Waals surface area contributed by atoms with Crippen LogP contribution >= 0.6 is 11.8 Å². The zero-order valence-corrected chi connectivity index (χ0v) is 14.2. The molecule has 1 aromatic carbocycles. The molecule has 0 fully saturated rings. The Kier molecular flexibility index (Phi) is 5.98. The molecule has 0 saturated heterocycles. The summed E-state index contributed by atoms with van der Waals surface area (Å²) in [6, 6.07) is 10.2. The van der Waals surface area contributed by atoms with Crippen molar-refractivity contribution in [1.82, 2.24) is 14.9 Å². The largest absolute Gasteiger partial charge is 0.416 e. The minimum absolute atomic E-state index is 0.298. The van der Waals surface area contributed by atoms with Gasteiger partial charge in [-0.1, -0.05) is 49.0 Å². The first-order chi connectivity index (χ1) is 10.4. The molecule has 0 saturated carbocycles. The SMILES string of the molecule is CC(Cc1nnc(SCCNS(C)(=O)=O)o1)c1ccccc1. The summed E-state index contributed by atoms with van der Waals surface area (Å²) in [6.07, 6.45) is 1.81. The van der Waals surface area contributed by atoms with Crippen LogP contribution in [0.25, 0.3) is 0 Å². The normalized spacial score (nSPS) is 13.2. The average Bonchev–Trinajstić information content (AvgIpc) is 2.91. The Labute approximate surface area is 134 Å². The van der Waals surface area contributed by atoms with Crippen molar-refractivity contribution < 1.29 is 12.8 Å². The summed E-state index contributed by atoms with van der Waals surface area (Å²) < 4.78 is 29.8. The number of nitrogens with one attached hydrogen (secondary N) is 1. The Morgan fingerprint density at radius 3 is 2.68 bits per heavy atom. The molecule has 0 aliphatic heterocycles. The third-order valence-electron chi connectivity index (χ3n) is 2.99. The lowest BCUT2D eigenvalue weighted by Gasteiger charge is -2.08. The highest BCUT2D eigenvalue weighted by Crippen LogP contribution is 2.22. The second kappa shape index (κ2) is 7.75. The fourth-order valence-corrected chi connectivity index (χ4v) is 3.14. The van der Waals surface area contributed by atoms with Crippen molar-refractivity contribution in [3.63, 3.8) is 0 Å². The van der Waals surface area contributed by atoms with E-state index in [0.717, 1.165) is 6.26 Å². The predicted molar refractivity (Wildman–Crippen MR) is 86.4 cm³/mol. The molecule has 1 heterocycles. The van der Waals surface area contributed by atoms with Crippen LogP contribution in [0.2, 0.25) is 0 Å². The summed E-state index contributed by atoms with van der Waals surface area (Å²) in [4.78, 5) is 0. The molecule has 2 aromatic rings. The molecular weight excluding hydrogens is 322 g/mol. The van der Waals surface area contributed by atoms with E-state index in [-0.39, 0.29) is 0 Å². The van der Waals surface area contributed by atoms with Crippen molar-refractivity contribution in [2.24, 2.45) is 0 Å². The van der Waals surface area contributed by atoms with Crippen LogP contribution in [-0.4, -0.2) is 37.2 Å². The molecule has 0 spiro atoms. The van der Waals surface area contributed by atoms with Gasteiger partial charge in [0.15, 0.2) is 0 Å². The first-order valence-electron chi connectivity index (χ1n) is 6.89. The van der Waals surface area contributed by atoms with E-state index in [0.29, 0.717) is 35.7 Å². The second-order valence-corrected chi connectivity index (χ2v) is 7.87. The van der Waals surface area contributed by atoms with E-state index in [1.54, 1.807) is 0 Å². The van der Waals surface area contributed by atoms with Gasteiger partial charge >= 0.3 is 0 Å². The van der Waals surface area contributed by atoms with Crippen LogP contribution < -0.4 is 4.72 Å². The Balaban J connectivity index is 1.81. The monoisotopic (exact) mass is 341 g/mol. The van der Waals surface area contributed by atoms with E-state index in [1.165, 1.54) is 17.3 Å². The molecule has 6 nitrogen and oxygen atoms in total. The fraction of sp³-hybridized carbons (Fsp3) is 0.429. The second-order valence-electron chi connectivity index (χ2n) is 4.99. The molecule has 0 bridgehead atoms. The summed E-state index contributed by atoms with van der Waals surface area (Å²) in [5.41, 5.74) is 1.23. The van der Waals surface area contributed by atoms with E-state index in [1.807, 2.05) is 18.2 Å². The Bertz CT molecular complexity index is 686. The van der Waals surface area contributed by atoms with Crippen LogP contribution in [0.15, 0.2) is 40.0 Å². The maximum absolute atomic E-state index is 10.9. The molecular formula is C14H19N3O3S2. The lowest BCUT2D eigenvalue weighted by Crippen LogP contribution is -2.24. The van der Waals surface area contributed by atoms with Crippen LogP contribution in [0.5, 0.6) is 0 Å². The summed E-state index contributed by atoms with van der Waals surface area (Å²) in [5.74, 6) is 1.43. The molecule has 1 N–H and O–H groups in total. The molecule has 22 heavy (non-hydrogen) atoms. The number of nitrogens with zero attached hydrogens (tertiary/aromatic N) is 2. The molecule has 0 aliphatic rings. The molecule has 2 rings (SSSR count). The topological polar surface area (TPSA) is 85.1 Å². The summed E-state index contributed by atoms with van der Waals surface area (Å²) >= 11 is 1.34. The number of hydrogen-bond acceptors (Lipinski definition) is 6. The van der Waals surface area contributed by atoms with Gasteiger partial charge in [0, 0.05) is 18.7 Å². The van der Waals surface area contributed by atoms with E-state index in [9.17, 15) is 8.42 Å². The first-order valence-corrected chi connectivity index (χ1v) is 9.76. The zero-order chi connectivity index (χ0) is 16.0. The van der Waals surface area contributed by atoms with Crippen molar-refractivity contribution >= 4 is 21.8 Å². The van der Waals surface area contributed by atoms with Crippen LogP contribution in [0.1, 0.15) is 24.3 Å². The highest BCUT2D eigenvalue weighted by molar-refractivity contribution is 7.99. The minimum Gasteiger partial charge on any atom is -0.416 e. The van der Waals surface area contributed by atoms with E-state index in [2.05, 4.69) is 34.0 Å². The number of hydrogen-bond donors (Lipinski definition) is 1. The van der Waals surface area contributed by atoms with Gasteiger partial charge < -0.3 is 4.42 Å². The molecule has 0 aliphatic carbocycles. The number of aromatic nitrogens is 2. The van der Waals surface area contributed by atoms with Gasteiger partial charge in [0.25, 0.3) is 5.22 Å². The number of rotatable bonds is 8. The zero-order valence-electron chi connectivity index (χ0n) is 12.5. The molecule has 120 valence electrons. The Morgan fingerprint density at radius 2 is 2.00 bits per heavy atom. The smallest absolute Gasteiger partial charge is 0.276 e. The maximum atomic E-state index is 10.9. The van der Waals surface area contributed by atoms with E-state index < -0.39 is 10.0 Å². The van der Waals surface area contributed by atoms with Crippen molar-refractivity contribution in [2.45, 2.75) is 24.5 Å². The van der Waals surface area contributed by atoms with Crippen molar-refractivity contribution in [2.75, 3.05) is 18.6 Å². The van der Waals surface area contributed by atoms with Crippen molar-refractivity contribution in [3.05, 3.63) is 41.8 Å². The molecule has 1 unspecified atom stereocenters. The minimum atomic E-state index is -3.15. The molecule has 8 heteroatoms. The van der Waals surface area contributed by atoms with E-state index in [4.69, 9.17) is 4.42 Å². The lowest BCUT2D eigenvalue weighted by molar-refractivity contribution is 0.404. The Hall–Kier alpha value is -1.38. The third-order valence-corrected chi connectivity index (χ3v) is 4.54. The predicted octanol–water partition coefficient (Wildman–Crippen LogP) is 2.06. The standard InChI is InChI=1S/C14H19N3O3S2/c1-11(12-6-4-3-5-7-12)10-13-16-17-14(20-13)21-9-8-15-22(2,18)19/h3-7,11,15H,8-10H2,1-2H3. The number of thioether (sulfide) groups is 1. The van der Waals surface area contributed by atoms with E-state index >= 15 is 0 Å². The quantitative estimate of drug-likeness (QED) is 0.584. The fourth-order valence-electron chi connectivity index (χ4n) is 1.91. The van der Waals surface area contributed by atoms with Crippen LogP contribution in [0.3, 0.4) is 0 Å². The van der Waals surface area contributed by atoms with Crippen LogP contribution in [0, 0.1) is 0 Å². The maximum Gasteiger partial charge on any atom is 0.276 e. The van der Waals surface area contributed by atoms with Gasteiger partial charge in [-0.2, -0.15) is 0 Å². The average molecular weight is 341 g/mol. The van der Waals surface area contributed by atoms with Gasteiger partial charge in [-0.25, -0.2) is 13.1 Å². The highest BCUT2D eigenvalue weighted by atomic mass is 32.2. The first kappa shape index (κ1) is 17.0. The summed E-state index contributed by atoms with van der Waals surface area (Å²) in [7, 11) is -3.15. The van der Waals surface area contributed by atoms with Gasteiger partial charge in [-0.05, 0) is 11.5 Å². The molecule has 1 atom stereocenters. The van der Waals surface area contributed by atoms with Gasteiger partial charge in [-0.3, -0.25) is 0 Å². The molecule has 0 amide bonds. The number of sulfonamides is 1. The number of benzene rings is 1. The molecule has 1 aromatic heterocycles. The summed E-state index contributed by atoms with van der Waals surface area (Å²) in [6.45, 7) is 2.45. The Morgan fingerprint density at radius 1 is 1.27 bits per heavy atom. The lowest BCUT2D eigenvalue weighted by atomic mass is 9.98. The van der Waals surface area contributed by atoms with Crippen LogP contribution in [0.4, 0.5) is 0 Å².